The zero-order valence-corrected chi connectivity index (χ0v) is 13.2. The van der Waals surface area contributed by atoms with Crippen molar-refractivity contribution < 1.29 is 14.3 Å². The Morgan fingerprint density at radius 1 is 1.22 bits per heavy atom. The van der Waals surface area contributed by atoms with E-state index < -0.39 is 0 Å². The van der Waals surface area contributed by atoms with E-state index >= 15 is 0 Å². The van der Waals surface area contributed by atoms with Gasteiger partial charge in [-0.2, -0.15) is 0 Å². The lowest BCUT2D eigenvalue weighted by atomic mass is 10.1. The van der Waals surface area contributed by atoms with Crippen LogP contribution in [0.2, 0.25) is 0 Å². The van der Waals surface area contributed by atoms with Crippen molar-refractivity contribution in [1.82, 2.24) is 5.32 Å². The van der Waals surface area contributed by atoms with Gasteiger partial charge < -0.3 is 14.8 Å². The zero-order chi connectivity index (χ0) is 16.2. The zero-order valence-electron chi connectivity index (χ0n) is 13.2. The second kappa shape index (κ2) is 6.84. The summed E-state index contributed by atoms with van der Waals surface area (Å²) < 4.78 is 5.81. The summed E-state index contributed by atoms with van der Waals surface area (Å²) >= 11 is 0. The summed E-state index contributed by atoms with van der Waals surface area (Å²) in [6.07, 6.45) is 1.69. The van der Waals surface area contributed by atoms with Crippen molar-refractivity contribution in [2.24, 2.45) is 0 Å². The second-order valence-electron chi connectivity index (χ2n) is 5.92. The minimum atomic E-state index is -0.0567. The number of amides is 1. The van der Waals surface area contributed by atoms with Crippen molar-refractivity contribution in [3.8, 4) is 0 Å². The Morgan fingerprint density at radius 2 is 2.04 bits per heavy atom. The Kier molecular flexibility index (Phi) is 4.63. The van der Waals surface area contributed by atoms with E-state index in [9.17, 15) is 4.79 Å². The van der Waals surface area contributed by atoms with Crippen molar-refractivity contribution in [2.45, 2.75) is 32.2 Å². The molecule has 0 fully saturated rings. The van der Waals surface area contributed by atoms with E-state index in [1.807, 2.05) is 37.3 Å². The monoisotopic (exact) mass is 311 g/mol. The largest absolute Gasteiger partial charge is 0.461 e. The molecule has 0 aliphatic heterocycles. The highest BCUT2D eigenvalue weighted by Gasteiger charge is 2.12. The summed E-state index contributed by atoms with van der Waals surface area (Å²) in [4.78, 5) is 12.1. The van der Waals surface area contributed by atoms with Crippen LogP contribution in [0, 0.1) is 0 Å². The van der Waals surface area contributed by atoms with Gasteiger partial charge in [-0.15, -0.1) is 0 Å². The topological polar surface area (TPSA) is 62.5 Å². The minimum Gasteiger partial charge on any atom is -0.461 e. The maximum absolute atomic E-state index is 12.1. The van der Waals surface area contributed by atoms with Gasteiger partial charge in [0.05, 0.1) is 6.42 Å². The Labute approximate surface area is 135 Å². The predicted molar refractivity (Wildman–Crippen MR) is 91.3 cm³/mol. The third kappa shape index (κ3) is 3.54. The maximum Gasteiger partial charge on any atom is 0.227 e. The number of carbonyl (C=O) groups is 1. The molecule has 2 aromatic carbocycles. The lowest BCUT2D eigenvalue weighted by Crippen LogP contribution is -2.33. The Bertz CT molecular complexity index is 822. The van der Waals surface area contributed by atoms with E-state index in [0.29, 0.717) is 12.2 Å². The van der Waals surface area contributed by atoms with Gasteiger partial charge in [0, 0.05) is 18.0 Å². The SMILES string of the molecule is CC(CCCO)NC(=O)Cc1cc2c(ccc3ccccc32)o1. The number of rotatable bonds is 6. The number of hydrogen-bond donors (Lipinski definition) is 2. The number of benzene rings is 2. The van der Waals surface area contributed by atoms with Crippen molar-refractivity contribution in [1.29, 1.82) is 0 Å². The molecule has 1 atom stereocenters. The highest BCUT2D eigenvalue weighted by atomic mass is 16.3. The van der Waals surface area contributed by atoms with Gasteiger partial charge in [-0.1, -0.05) is 30.3 Å². The van der Waals surface area contributed by atoms with Crippen molar-refractivity contribution >= 4 is 27.6 Å². The molecule has 120 valence electrons. The average Bonchev–Trinajstić information content (AvgIpc) is 2.95. The summed E-state index contributed by atoms with van der Waals surface area (Å²) in [7, 11) is 0. The lowest BCUT2D eigenvalue weighted by Gasteiger charge is -2.12. The van der Waals surface area contributed by atoms with E-state index in [1.54, 1.807) is 0 Å². The molecule has 0 aliphatic carbocycles. The van der Waals surface area contributed by atoms with E-state index in [0.717, 1.165) is 28.2 Å². The molecule has 4 nitrogen and oxygen atoms in total. The van der Waals surface area contributed by atoms with E-state index in [-0.39, 0.29) is 25.0 Å². The van der Waals surface area contributed by atoms with Crippen LogP contribution in [-0.2, 0) is 11.2 Å². The van der Waals surface area contributed by atoms with Gasteiger partial charge in [0.1, 0.15) is 11.3 Å². The second-order valence-corrected chi connectivity index (χ2v) is 5.92. The van der Waals surface area contributed by atoms with E-state index in [4.69, 9.17) is 9.52 Å². The first kappa shape index (κ1) is 15.6. The molecule has 1 unspecified atom stereocenters. The van der Waals surface area contributed by atoms with Gasteiger partial charge in [-0.05, 0) is 42.7 Å². The van der Waals surface area contributed by atoms with Crippen molar-refractivity contribution in [3.63, 3.8) is 0 Å². The third-order valence-electron chi connectivity index (χ3n) is 4.01. The molecule has 2 N–H and O–H groups in total. The van der Waals surface area contributed by atoms with Crippen molar-refractivity contribution in [2.75, 3.05) is 6.61 Å². The van der Waals surface area contributed by atoms with Crippen LogP contribution in [0.1, 0.15) is 25.5 Å². The molecule has 0 spiro atoms. The first-order valence-electron chi connectivity index (χ1n) is 7.98. The van der Waals surface area contributed by atoms with Gasteiger partial charge in [-0.3, -0.25) is 4.79 Å². The number of furan rings is 1. The maximum atomic E-state index is 12.1. The van der Waals surface area contributed by atoms with Crippen LogP contribution in [-0.4, -0.2) is 23.7 Å². The van der Waals surface area contributed by atoms with Crippen LogP contribution in [0.15, 0.2) is 46.9 Å². The first-order valence-corrected chi connectivity index (χ1v) is 7.98. The molecule has 0 saturated carbocycles. The number of carbonyl (C=O) groups excluding carboxylic acids is 1. The predicted octanol–water partition coefficient (Wildman–Crippen LogP) is 3.41. The number of aliphatic hydroxyl groups excluding tert-OH is 1. The van der Waals surface area contributed by atoms with Gasteiger partial charge in [0.2, 0.25) is 5.91 Å². The summed E-state index contributed by atoms with van der Waals surface area (Å²) in [6.45, 7) is 2.09. The minimum absolute atomic E-state index is 0.0554. The molecule has 3 rings (SSSR count). The molecular weight excluding hydrogens is 290 g/mol. The molecule has 1 aromatic heterocycles. The van der Waals surface area contributed by atoms with Crippen LogP contribution in [0.5, 0.6) is 0 Å². The number of nitrogens with one attached hydrogen (secondary N) is 1. The summed E-state index contributed by atoms with van der Waals surface area (Å²) in [6, 6.07) is 14.1. The molecule has 3 aromatic rings. The molecule has 0 aliphatic rings. The average molecular weight is 311 g/mol. The Hall–Kier alpha value is -2.33. The summed E-state index contributed by atoms with van der Waals surface area (Å²) in [5, 5.41) is 15.1. The van der Waals surface area contributed by atoms with E-state index in [2.05, 4.69) is 17.4 Å². The molecular formula is C19H21NO3. The number of hydrogen-bond acceptors (Lipinski definition) is 3. The fourth-order valence-corrected chi connectivity index (χ4v) is 2.89. The molecule has 1 amide bonds. The van der Waals surface area contributed by atoms with Crippen LogP contribution in [0.25, 0.3) is 21.7 Å². The summed E-state index contributed by atoms with van der Waals surface area (Å²) in [5.41, 5.74) is 0.805. The normalized spacial score (nSPS) is 12.6. The lowest BCUT2D eigenvalue weighted by molar-refractivity contribution is -0.121. The molecule has 0 saturated heterocycles. The van der Waals surface area contributed by atoms with E-state index in [1.165, 1.54) is 0 Å². The molecule has 0 radical (unpaired) electrons. The summed E-state index contributed by atoms with van der Waals surface area (Å²) in [5.74, 6) is 0.613. The van der Waals surface area contributed by atoms with Gasteiger partial charge in [0.15, 0.2) is 0 Å². The van der Waals surface area contributed by atoms with Crippen LogP contribution in [0.4, 0.5) is 0 Å². The molecule has 0 bridgehead atoms. The van der Waals surface area contributed by atoms with Crippen LogP contribution < -0.4 is 5.32 Å². The number of aliphatic hydroxyl groups is 1. The quantitative estimate of drug-likeness (QED) is 0.733. The third-order valence-corrected chi connectivity index (χ3v) is 4.01. The first-order chi connectivity index (χ1) is 11.2. The molecule has 1 heterocycles. The highest BCUT2D eigenvalue weighted by molar-refractivity contribution is 6.06. The molecule has 4 heteroatoms. The highest BCUT2D eigenvalue weighted by Crippen LogP contribution is 2.28. The fraction of sp³-hybridized carbons (Fsp3) is 0.316. The van der Waals surface area contributed by atoms with Crippen molar-refractivity contribution in [3.05, 3.63) is 48.2 Å². The van der Waals surface area contributed by atoms with Gasteiger partial charge >= 0.3 is 0 Å². The van der Waals surface area contributed by atoms with Crippen LogP contribution >= 0.6 is 0 Å². The van der Waals surface area contributed by atoms with Crippen LogP contribution in [0.3, 0.4) is 0 Å². The Morgan fingerprint density at radius 3 is 2.87 bits per heavy atom. The van der Waals surface area contributed by atoms with Gasteiger partial charge in [-0.25, -0.2) is 0 Å². The number of fused-ring (bicyclic) bond motifs is 3. The smallest absolute Gasteiger partial charge is 0.227 e. The standard InChI is InChI=1S/C19H21NO3/c1-13(5-4-10-21)20-19(22)12-15-11-17-16-7-3-2-6-14(16)8-9-18(17)23-15/h2-3,6-9,11,13,21H,4-5,10,12H2,1H3,(H,20,22). The van der Waals surface area contributed by atoms with Gasteiger partial charge in [0.25, 0.3) is 0 Å². The fourth-order valence-electron chi connectivity index (χ4n) is 2.89. The Balaban J connectivity index is 1.76. The molecule has 23 heavy (non-hydrogen) atoms.